The Morgan fingerprint density at radius 2 is 1.35 bits per heavy atom. The lowest BCUT2D eigenvalue weighted by Crippen LogP contribution is -2.02. The predicted octanol–water partition coefficient (Wildman–Crippen LogP) is 4.56. The number of nitrogens with two attached hydrogens (primary N) is 2. The van der Waals surface area contributed by atoms with E-state index in [9.17, 15) is 39.8 Å². The predicted molar refractivity (Wildman–Crippen MR) is 130 cm³/mol. The summed E-state index contributed by atoms with van der Waals surface area (Å²) in [6.45, 7) is 0. The molecule has 0 aliphatic rings. The number of benzene rings is 4. The minimum atomic E-state index is -5.08. The zero-order valence-corrected chi connectivity index (χ0v) is 19.9. The second-order valence-electron chi connectivity index (χ2n) is 7.74. The second-order valence-corrected chi connectivity index (χ2v) is 10.5. The van der Waals surface area contributed by atoms with Gasteiger partial charge in [-0.3, -0.25) is 9.11 Å². The summed E-state index contributed by atoms with van der Waals surface area (Å²) >= 11 is 0. The number of hydrogen-bond acceptors (Lipinski definition) is 9. The van der Waals surface area contributed by atoms with Crippen LogP contribution in [0.25, 0.3) is 21.9 Å². The average molecular weight is 551 g/mol. The van der Waals surface area contributed by atoms with Gasteiger partial charge in [0.25, 0.3) is 20.2 Å². The van der Waals surface area contributed by atoms with E-state index < -0.39 is 58.8 Å². The Morgan fingerprint density at radius 1 is 0.730 bits per heavy atom. The first-order valence-corrected chi connectivity index (χ1v) is 12.9. The Morgan fingerprint density at radius 3 is 1.92 bits per heavy atom. The fourth-order valence-electron chi connectivity index (χ4n) is 3.51. The van der Waals surface area contributed by atoms with E-state index >= 15 is 0 Å². The fraction of sp³-hybridized carbons (Fsp3) is 0. The third-order valence-electron chi connectivity index (χ3n) is 5.27. The van der Waals surface area contributed by atoms with Crippen molar-refractivity contribution in [3.8, 4) is 16.9 Å². The summed E-state index contributed by atoms with van der Waals surface area (Å²) in [6.07, 6.45) is 0. The third-order valence-corrected chi connectivity index (χ3v) is 6.97. The number of phenolic OH excluding ortho intramolecular Hbond substituents is 1. The highest BCUT2D eigenvalue weighted by molar-refractivity contribution is 7.86. The zero-order valence-electron chi connectivity index (χ0n) is 18.3. The van der Waals surface area contributed by atoms with Crippen molar-refractivity contribution in [2.45, 2.75) is 9.79 Å². The van der Waals surface area contributed by atoms with Gasteiger partial charge in [-0.05, 0) is 59.0 Å². The molecule has 15 heteroatoms. The van der Waals surface area contributed by atoms with E-state index in [1.54, 1.807) is 0 Å². The topological polar surface area (TPSA) is 206 Å². The lowest BCUT2D eigenvalue weighted by atomic mass is 10.0. The summed E-state index contributed by atoms with van der Waals surface area (Å²) in [7, 11) is -9.83. The number of nitrogen functional groups attached to an aromatic ring is 2. The molecule has 0 heterocycles. The van der Waals surface area contributed by atoms with Crippen molar-refractivity contribution >= 4 is 53.8 Å². The van der Waals surface area contributed by atoms with Crippen molar-refractivity contribution in [1.29, 1.82) is 0 Å². The van der Waals surface area contributed by atoms with Crippen LogP contribution < -0.4 is 11.5 Å². The van der Waals surface area contributed by atoms with Crippen LogP contribution in [0.4, 0.5) is 31.5 Å². The van der Waals surface area contributed by atoms with Gasteiger partial charge in [0, 0.05) is 11.1 Å². The number of nitrogens with zero attached hydrogens (tertiary/aromatic N) is 2. The second kappa shape index (κ2) is 9.04. The standard InChI is InChI=1S/C22H16F2N4O7S2/c23-14-6-10(1-3-16(14)25)11-2-4-18(15(24)7-11)27-28-21-19(37(33,34)35)8-12-5-13(36(30,31)32)9-17(26)20(12)22(21)29/h1-9,29H,25-26H2,(H,30,31,32)(H,33,34,35). The van der Waals surface area contributed by atoms with Crippen LogP contribution in [-0.4, -0.2) is 31.0 Å². The number of phenols is 1. The molecule has 0 bridgehead atoms. The maximum Gasteiger partial charge on any atom is 0.296 e. The molecule has 4 aromatic carbocycles. The highest BCUT2D eigenvalue weighted by Crippen LogP contribution is 2.44. The van der Waals surface area contributed by atoms with Crippen molar-refractivity contribution in [2.75, 3.05) is 11.5 Å². The maximum absolute atomic E-state index is 14.7. The summed E-state index contributed by atoms with van der Waals surface area (Å²) < 4.78 is 94.3. The molecule has 0 saturated heterocycles. The number of fused-ring (bicyclic) bond motifs is 1. The van der Waals surface area contributed by atoms with Crippen molar-refractivity contribution in [1.82, 2.24) is 0 Å². The van der Waals surface area contributed by atoms with Gasteiger partial charge in [-0.15, -0.1) is 10.2 Å². The van der Waals surface area contributed by atoms with Crippen LogP contribution in [0.5, 0.6) is 5.75 Å². The first-order valence-electron chi connectivity index (χ1n) is 9.97. The van der Waals surface area contributed by atoms with Crippen LogP contribution in [0.1, 0.15) is 0 Å². The molecule has 0 aliphatic carbocycles. The van der Waals surface area contributed by atoms with E-state index in [0.29, 0.717) is 5.56 Å². The van der Waals surface area contributed by atoms with Gasteiger partial charge in [0.1, 0.15) is 22.1 Å². The van der Waals surface area contributed by atoms with Crippen LogP contribution in [0.15, 0.2) is 74.6 Å². The molecular weight excluding hydrogens is 534 g/mol. The quantitative estimate of drug-likeness (QED) is 0.134. The fourth-order valence-corrected chi connectivity index (χ4v) is 4.72. The van der Waals surface area contributed by atoms with E-state index in [1.165, 1.54) is 18.2 Å². The highest BCUT2D eigenvalue weighted by atomic mass is 32.2. The minimum absolute atomic E-state index is 0.0886. The lowest BCUT2D eigenvalue weighted by molar-refractivity contribution is 0.472. The zero-order chi connectivity index (χ0) is 27.3. The number of anilines is 2. The van der Waals surface area contributed by atoms with E-state index in [0.717, 1.165) is 36.4 Å². The molecule has 0 saturated carbocycles. The van der Waals surface area contributed by atoms with Crippen LogP contribution in [0.3, 0.4) is 0 Å². The van der Waals surface area contributed by atoms with Crippen molar-refractivity contribution in [3.05, 3.63) is 66.2 Å². The van der Waals surface area contributed by atoms with Gasteiger partial charge in [-0.25, -0.2) is 8.78 Å². The Balaban J connectivity index is 1.85. The number of rotatable bonds is 5. The molecule has 4 rings (SSSR count). The molecule has 4 aromatic rings. The molecule has 0 amide bonds. The third kappa shape index (κ3) is 5.05. The van der Waals surface area contributed by atoms with E-state index in [4.69, 9.17) is 11.5 Å². The van der Waals surface area contributed by atoms with E-state index in [1.807, 2.05) is 0 Å². The van der Waals surface area contributed by atoms with Gasteiger partial charge in [0.05, 0.1) is 10.6 Å². The summed E-state index contributed by atoms with van der Waals surface area (Å²) in [5.41, 5.74) is 10.1. The summed E-state index contributed by atoms with van der Waals surface area (Å²) in [6, 6.07) is 9.80. The summed E-state index contributed by atoms with van der Waals surface area (Å²) in [5, 5.41) is 17.4. The van der Waals surface area contributed by atoms with E-state index in [2.05, 4.69) is 10.2 Å². The number of hydrogen-bond donors (Lipinski definition) is 5. The van der Waals surface area contributed by atoms with Crippen molar-refractivity contribution in [3.63, 3.8) is 0 Å². The van der Waals surface area contributed by atoms with Crippen LogP contribution in [0.2, 0.25) is 0 Å². The molecule has 37 heavy (non-hydrogen) atoms. The lowest BCUT2D eigenvalue weighted by Gasteiger charge is -2.12. The van der Waals surface area contributed by atoms with Crippen LogP contribution in [-0.2, 0) is 20.2 Å². The van der Waals surface area contributed by atoms with Gasteiger partial charge in [-0.2, -0.15) is 16.8 Å². The first-order chi connectivity index (χ1) is 17.2. The smallest absolute Gasteiger partial charge is 0.296 e. The Labute approximate surface area is 208 Å². The molecule has 0 aromatic heterocycles. The van der Waals surface area contributed by atoms with Crippen molar-refractivity contribution < 1.29 is 39.8 Å². The summed E-state index contributed by atoms with van der Waals surface area (Å²) in [4.78, 5) is -1.70. The van der Waals surface area contributed by atoms with Gasteiger partial charge in [0.2, 0.25) is 0 Å². The number of halogens is 2. The number of aromatic hydroxyl groups is 1. The van der Waals surface area contributed by atoms with Gasteiger partial charge in [-0.1, -0.05) is 12.1 Å². The molecule has 0 radical (unpaired) electrons. The molecule has 0 spiro atoms. The first kappa shape index (κ1) is 25.9. The Hall–Kier alpha value is -4.18. The molecule has 0 atom stereocenters. The summed E-state index contributed by atoms with van der Waals surface area (Å²) in [5.74, 6) is -2.55. The van der Waals surface area contributed by atoms with E-state index in [-0.39, 0.29) is 27.7 Å². The SMILES string of the molecule is Nc1ccc(-c2ccc(N=Nc3c(S(=O)(=O)O)cc4cc(S(=O)(=O)O)cc(N)c4c3O)c(F)c2)cc1F. The highest BCUT2D eigenvalue weighted by Gasteiger charge is 2.25. The molecule has 0 aliphatic heterocycles. The molecule has 0 unspecified atom stereocenters. The molecule has 11 nitrogen and oxygen atoms in total. The number of azo groups is 1. The molecular formula is C22H16F2N4O7S2. The van der Waals surface area contributed by atoms with Crippen LogP contribution >= 0.6 is 0 Å². The van der Waals surface area contributed by atoms with Gasteiger partial charge >= 0.3 is 0 Å². The minimum Gasteiger partial charge on any atom is -0.505 e. The average Bonchev–Trinajstić information content (AvgIpc) is 2.79. The molecule has 0 fully saturated rings. The normalized spacial score (nSPS) is 12.4. The van der Waals surface area contributed by atoms with Crippen LogP contribution in [0, 0.1) is 11.6 Å². The van der Waals surface area contributed by atoms with Gasteiger partial charge in [0.15, 0.2) is 11.6 Å². The largest absolute Gasteiger partial charge is 0.505 e. The monoisotopic (exact) mass is 550 g/mol. The Kier molecular flexibility index (Phi) is 6.33. The maximum atomic E-state index is 14.7. The molecule has 7 N–H and O–H groups in total. The van der Waals surface area contributed by atoms with Crippen molar-refractivity contribution in [2.24, 2.45) is 10.2 Å². The Bertz CT molecular complexity index is 1840. The van der Waals surface area contributed by atoms with Gasteiger partial charge < -0.3 is 16.6 Å². The molecule has 192 valence electrons.